The van der Waals surface area contributed by atoms with Gasteiger partial charge in [0.15, 0.2) is 0 Å². The maximum Gasteiger partial charge on any atom is 0.147 e. The summed E-state index contributed by atoms with van der Waals surface area (Å²) in [5.74, 6) is 0.773. The minimum Gasteiger partial charge on any atom is -0.395 e. The van der Waals surface area contributed by atoms with Crippen molar-refractivity contribution in [2.24, 2.45) is 0 Å². The van der Waals surface area contributed by atoms with Crippen LogP contribution in [0.1, 0.15) is 12.6 Å². The van der Waals surface area contributed by atoms with Crippen LogP contribution in [0.3, 0.4) is 0 Å². The van der Waals surface area contributed by atoms with Crippen molar-refractivity contribution in [2.45, 2.75) is 13.5 Å². The molecule has 0 aliphatic rings. The van der Waals surface area contributed by atoms with Crippen LogP contribution < -0.4 is 10.2 Å². The molecule has 0 aliphatic carbocycles. The molecule has 5 nitrogen and oxygen atoms in total. The maximum atomic E-state index is 9.00. The molecule has 0 atom stereocenters. The highest BCUT2D eigenvalue weighted by Crippen LogP contribution is 2.09. The Morgan fingerprint density at radius 3 is 3.00 bits per heavy atom. The summed E-state index contributed by atoms with van der Waals surface area (Å²) in [5, 5.41) is 12.2. The first-order chi connectivity index (χ1) is 8.31. The highest BCUT2D eigenvalue weighted by Gasteiger charge is 2.06. The SMILES string of the molecule is C=CCN(CCO)c1cncc(CNCC)n1. The molecule has 1 aromatic rings. The molecule has 0 amide bonds. The van der Waals surface area contributed by atoms with Gasteiger partial charge in [-0.25, -0.2) is 4.98 Å². The van der Waals surface area contributed by atoms with Crippen LogP contribution in [0.4, 0.5) is 5.82 Å². The van der Waals surface area contributed by atoms with Gasteiger partial charge in [-0.05, 0) is 6.54 Å². The quantitative estimate of drug-likeness (QED) is 0.646. The first kappa shape index (κ1) is 13.6. The molecule has 94 valence electrons. The highest BCUT2D eigenvalue weighted by molar-refractivity contribution is 5.37. The van der Waals surface area contributed by atoms with Crippen LogP contribution in [0, 0.1) is 0 Å². The third-order valence-electron chi connectivity index (χ3n) is 2.27. The molecular weight excluding hydrogens is 216 g/mol. The van der Waals surface area contributed by atoms with Crippen LogP contribution in [0.25, 0.3) is 0 Å². The number of aliphatic hydroxyl groups is 1. The number of anilines is 1. The van der Waals surface area contributed by atoms with Gasteiger partial charge in [0.25, 0.3) is 0 Å². The zero-order chi connectivity index (χ0) is 12.5. The Kier molecular flexibility index (Phi) is 6.21. The van der Waals surface area contributed by atoms with E-state index in [1.807, 2.05) is 11.8 Å². The number of nitrogens with zero attached hydrogens (tertiary/aromatic N) is 3. The van der Waals surface area contributed by atoms with Crippen molar-refractivity contribution in [3.63, 3.8) is 0 Å². The van der Waals surface area contributed by atoms with E-state index in [0.717, 1.165) is 18.1 Å². The third kappa shape index (κ3) is 4.50. The van der Waals surface area contributed by atoms with E-state index in [-0.39, 0.29) is 6.61 Å². The molecule has 0 bridgehead atoms. The number of nitrogens with one attached hydrogen (secondary N) is 1. The average Bonchev–Trinajstić information content (AvgIpc) is 2.36. The predicted molar refractivity (Wildman–Crippen MR) is 68.9 cm³/mol. The van der Waals surface area contributed by atoms with Gasteiger partial charge in [0.2, 0.25) is 0 Å². The summed E-state index contributed by atoms with van der Waals surface area (Å²) in [5.41, 5.74) is 0.899. The molecule has 0 aromatic carbocycles. The molecule has 0 saturated heterocycles. The zero-order valence-electron chi connectivity index (χ0n) is 10.3. The Morgan fingerprint density at radius 1 is 1.53 bits per heavy atom. The van der Waals surface area contributed by atoms with Crippen molar-refractivity contribution in [3.05, 3.63) is 30.7 Å². The van der Waals surface area contributed by atoms with E-state index in [0.29, 0.717) is 19.6 Å². The van der Waals surface area contributed by atoms with E-state index in [4.69, 9.17) is 5.11 Å². The standard InChI is InChI=1S/C12H20N4O/c1-3-5-16(6-7-17)12-10-14-9-11(15-12)8-13-4-2/h3,9-10,13,17H,1,4-8H2,2H3. The Hall–Kier alpha value is -1.46. The van der Waals surface area contributed by atoms with Gasteiger partial charge in [-0.15, -0.1) is 6.58 Å². The van der Waals surface area contributed by atoms with E-state index in [1.54, 1.807) is 18.5 Å². The Balaban J connectivity index is 2.75. The summed E-state index contributed by atoms with van der Waals surface area (Å²) in [6, 6.07) is 0. The number of rotatable bonds is 8. The number of aromatic nitrogens is 2. The van der Waals surface area contributed by atoms with Crippen LogP contribution in [-0.4, -0.2) is 41.3 Å². The minimum atomic E-state index is 0.0902. The van der Waals surface area contributed by atoms with E-state index in [1.165, 1.54) is 0 Å². The van der Waals surface area contributed by atoms with Crippen LogP contribution in [0.2, 0.25) is 0 Å². The molecule has 1 aromatic heterocycles. The molecule has 0 unspecified atom stereocenters. The normalized spacial score (nSPS) is 10.2. The lowest BCUT2D eigenvalue weighted by Crippen LogP contribution is -2.28. The van der Waals surface area contributed by atoms with E-state index < -0.39 is 0 Å². The van der Waals surface area contributed by atoms with Crippen molar-refractivity contribution in [1.29, 1.82) is 0 Å². The molecule has 1 heterocycles. The fourth-order valence-electron chi connectivity index (χ4n) is 1.46. The monoisotopic (exact) mass is 236 g/mol. The highest BCUT2D eigenvalue weighted by atomic mass is 16.3. The summed E-state index contributed by atoms with van der Waals surface area (Å²) in [4.78, 5) is 10.6. The van der Waals surface area contributed by atoms with Gasteiger partial charge in [-0.1, -0.05) is 13.0 Å². The van der Waals surface area contributed by atoms with Crippen molar-refractivity contribution in [1.82, 2.24) is 15.3 Å². The summed E-state index contributed by atoms with van der Waals surface area (Å²) in [7, 11) is 0. The topological polar surface area (TPSA) is 61.3 Å². The summed E-state index contributed by atoms with van der Waals surface area (Å²) in [6.07, 6.45) is 5.24. The number of aliphatic hydroxyl groups excluding tert-OH is 1. The molecule has 1 rings (SSSR count). The molecule has 2 N–H and O–H groups in total. The summed E-state index contributed by atoms with van der Waals surface area (Å²) >= 11 is 0. The van der Waals surface area contributed by atoms with E-state index in [9.17, 15) is 0 Å². The first-order valence-electron chi connectivity index (χ1n) is 5.80. The smallest absolute Gasteiger partial charge is 0.147 e. The molecule has 0 aliphatic heterocycles. The van der Waals surface area contributed by atoms with Crippen molar-refractivity contribution < 1.29 is 5.11 Å². The molecular formula is C12H20N4O. The number of hydrogen-bond donors (Lipinski definition) is 2. The van der Waals surface area contributed by atoms with Gasteiger partial charge in [-0.3, -0.25) is 4.98 Å². The molecule has 0 radical (unpaired) electrons. The maximum absolute atomic E-state index is 9.00. The second-order valence-electron chi connectivity index (χ2n) is 3.61. The Labute approximate surface area is 102 Å². The second-order valence-corrected chi connectivity index (χ2v) is 3.61. The minimum absolute atomic E-state index is 0.0902. The molecule has 0 fully saturated rings. The Bertz CT molecular complexity index is 343. The lowest BCUT2D eigenvalue weighted by atomic mass is 10.4. The van der Waals surface area contributed by atoms with Gasteiger partial charge >= 0.3 is 0 Å². The van der Waals surface area contributed by atoms with Gasteiger partial charge in [0.1, 0.15) is 5.82 Å². The van der Waals surface area contributed by atoms with Crippen molar-refractivity contribution in [2.75, 3.05) is 31.1 Å². The molecule has 17 heavy (non-hydrogen) atoms. The van der Waals surface area contributed by atoms with Crippen molar-refractivity contribution in [3.8, 4) is 0 Å². The second kappa shape index (κ2) is 7.76. The van der Waals surface area contributed by atoms with E-state index >= 15 is 0 Å². The lowest BCUT2D eigenvalue weighted by molar-refractivity contribution is 0.302. The lowest BCUT2D eigenvalue weighted by Gasteiger charge is -2.21. The zero-order valence-corrected chi connectivity index (χ0v) is 10.3. The third-order valence-corrected chi connectivity index (χ3v) is 2.27. The molecule has 0 spiro atoms. The summed E-state index contributed by atoms with van der Waals surface area (Å²) < 4.78 is 0. The van der Waals surface area contributed by atoms with Gasteiger partial charge in [0.05, 0.1) is 18.5 Å². The van der Waals surface area contributed by atoms with Crippen molar-refractivity contribution >= 4 is 5.82 Å². The fourth-order valence-corrected chi connectivity index (χ4v) is 1.46. The summed E-state index contributed by atoms with van der Waals surface area (Å²) in [6.45, 7) is 8.63. The molecule has 5 heteroatoms. The van der Waals surface area contributed by atoms with Gasteiger partial charge < -0.3 is 15.3 Å². The first-order valence-corrected chi connectivity index (χ1v) is 5.80. The predicted octanol–water partition coefficient (Wildman–Crippen LogP) is 0.571. The van der Waals surface area contributed by atoms with Gasteiger partial charge in [0, 0.05) is 25.8 Å². The van der Waals surface area contributed by atoms with Crippen LogP contribution in [0.15, 0.2) is 25.0 Å². The molecule has 0 saturated carbocycles. The van der Waals surface area contributed by atoms with Crippen LogP contribution in [0.5, 0.6) is 0 Å². The largest absolute Gasteiger partial charge is 0.395 e. The fraction of sp³-hybridized carbons (Fsp3) is 0.500. The number of hydrogen-bond acceptors (Lipinski definition) is 5. The average molecular weight is 236 g/mol. The Morgan fingerprint density at radius 2 is 2.35 bits per heavy atom. The van der Waals surface area contributed by atoms with Gasteiger partial charge in [-0.2, -0.15) is 0 Å². The van der Waals surface area contributed by atoms with Crippen LogP contribution in [-0.2, 0) is 6.54 Å². The van der Waals surface area contributed by atoms with Crippen LogP contribution >= 0.6 is 0 Å². The van der Waals surface area contributed by atoms with E-state index in [2.05, 4.69) is 21.9 Å².